The summed E-state index contributed by atoms with van der Waals surface area (Å²) in [4.78, 5) is 54.5. The first kappa shape index (κ1) is 20.9. The zero-order valence-electron chi connectivity index (χ0n) is 15.3. The molecule has 0 bridgehead atoms. The Balaban J connectivity index is 2.45. The standard InChI is InChI=1S/C18H18N4O5S/c1-9(23)14(10(2)24)28-18-21-15(19-11(3)25)13(17(27)22-18)20-16(26)12-7-5-4-6-8-12/h4-8,23H,1-3H3,(H,20,26)(H2,19,21,22,25,27)/b14-9-. The minimum atomic E-state index is -0.732. The van der Waals surface area contributed by atoms with E-state index < -0.39 is 23.2 Å². The number of rotatable bonds is 6. The number of aliphatic hydroxyl groups excluding tert-OH is 1. The summed E-state index contributed by atoms with van der Waals surface area (Å²) in [7, 11) is 0. The van der Waals surface area contributed by atoms with Gasteiger partial charge in [-0.2, -0.15) is 0 Å². The summed E-state index contributed by atoms with van der Waals surface area (Å²) in [6, 6.07) is 8.20. The number of nitrogens with one attached hydrogen (secondary N) is 3. The molecule has 9 nitrogen and oxygen atoms in total. The molecule has 0 saturated carbocycles. The van der Waals surface area contributed by atoms with Gasteiger partial charge < -0.3 is 15.7 Å². The second kappa shape index (κ2) is 9.00. The Kier molecular flexibility index (Phi) is 6.72. The van der Waals surface area contributed by atoms with E-state index in [-0.39, 0.29) is 27.3 Å². The molecular formula is C18H18N4O5S. The molecule has 0 aliphatic carbocycles. The molecule has 2 aromatic rings. The average molecular weight is 402 g/mol. The van der Waals surface area contributed by atoms with E-state index in [1.54, 1.807) is 30.3 Å². The lowest BCUT2D eigenvalue weighted by Crippen LogP contribution is -2.24. The summed E-state index contributed by atoms with van der Waals surface area (Å²) in [5.74, 6) is -1.90. The molecule has 146 valence electrons. The van der Waals surface area contributed by atoms with Crippen LogP contribution in [0.2, 0.25) is 0 Å². The van der Waals surface area contributed by atoms with Gasteiger partial charge in [-0.1, -0.05) is 18.2 Å². The molecule has 0 spiro atoms. The third kappa shape index (κ3) is 5.30. The highest BCUT2D eigenvalue weighted by Crippen LogP contribution is 2.28. The lowest BCUT2D eigenvalue weighted by atomic mass is 10.2. The normalized spacial score (nSPS) is 11.4. The lowest BCUT2D eigenvalue weighted by Gasteiger charge is -2.12. The Labute approximate surface area is 164 Å². The van der Waals surface area contributed by atoms with Crippen molar-refractivity contribution in [3.05, 3.63) is 56.9 Å². The van der Waals surface area contributed by atoms with E-state index in [2.05, 4.69) is 20.6 Å². The lowest BCUT2D eigenvalue weighted by molar-refractivity contribution is -0.114. The maximum absolute atomic E-state index is 12.5. The van der Waals surface area contributed by atoms with Crippen molar-refractivity contribution in [1.82, 2.24) is 9.97 Å². The molecule has 2 amide bonds. The van der Waals surface area contributed by atoms with Gasteiger partial charge in [0, 0.05) is 12.5 Å². The second-order valence-electron chi connectivity index (χ2n) is 5.67. The first-order chi connectivity index (χ1) is 13.2. The Hall–Kier alpha value is -3.40. The fourth-order valence-corrected chi connectivity index (χ4v) is 2.91. The van der Waals surface area contributed by atoms with Crippen LogP contribution in [0.5, 0.6) is 0 Å². The van der Waals surface area contributed by atoms with Crippen molar-refractivity contribution in [3.63, 3.8) is 0 Å². The first-order valence-electron chi connectivity index (χ1n) is 8.06. The van der Waals surface area contributed by atoms with E-state index in [4.69, 9.17) is 0 Å². The summed E-state index contributed by atoms with van der Waals surface area (Å²) < 4.78 is 0. The molecule has 1 aromatic heterocycles. The molecule has 0 unspecified atom stereocenters. The molecule has 0 aliphatic heterocycles. The van der Waals surface area contributed by atoms with Crippen molar-refractivity contribution in [2.75, 3.05) is 10.6 Å². The number of Topliss-reactive ketones (excluding diaryl/α,β-unsaturated/α-hetero) is 1. The van der Waals surface area contributed by atoms with E-state index >= 15 is 0 Å². The summed E-state index contributed by atoms with van der Waals surface area (Å²) in [6.07, 6.45) is 0. The third-order valence-electron chi connectivity index (χ3n) is 3.31. The molecule has 1 heterocycles. The Bertz CT molecular complexity index is 1010. The molecule has 2 rings (SSSR count). The van der Waals surface area contributed by atoms with Crippen molar-refractivity contribution in [1.29, 1.82) is 0 Å². The Morgan fingerprint density at radius 3 is 2.25 bits per heavy atom. The molecule has 0 fully saturated rings. The van der Waals surface area contributed by atoms with Gasteiger partial charge in [0.1, 0.15) is 5.76 Å². The quantitative estimate of drug-likeness (QED) is 0.252. The molecular weight excluding hydrogens is 384 g/mol. The van der Waals surface area contributed by atoms with Gasteiger partial charge in [-0.25, -0.2) is 4.98 Å². The number of amides is 2. The van der Waals surface area contributed by atoms with Crippen LogP contribution in [-0.2, 0) is 9.59 Å². The largest absolute Gasteiger partial charge is 0.511 e. The molecule has 0 atom stereocenters. The number of allylic oxidation sites excluding steroid dienone is 2. The summed E-state index contributed by atoms with van der Waals surface area (Å²) >= 11 is 0.734. The summed E-state index contributed by atoms with van der Waals surface area (Å²) in [5, 5.41) is 14.4. The zero-order valence-corrected chi connectivity index (χ0v) is 16.1. The van der Waals surface area contributed by atoms with Crippen LogP contribution < -0.4 is 16.2 Å². The molecule has 10 heteroatoms. The number of carbonyl (C=O) groups excluding carboxylic acids is 3. The number of H-pyrrole nitrogens is 1. The van der Waals surface area contributed by atoms with Gasteiger partial charge in [0.15, 0.2) is 22.4 Å². The number of nitrogens with zero attached hydrogens (tertiary/aromatic N) is 1. The molecule has 0 saturated heterocycles. The SMILES string of the molecule is CC(=O)Nc1nc(S/C(C(C)=O)=C(/C)O)[nH]c(=O)c1NC(=O)c1ccccc1. The second-order valence-corrected chi connectivity index (χ2v) is 6.67. The number of aromatic amines is 1. The number of hydrogen-bond acceptors (Lipinski definition) is 7. The van der Waals surface area contributed by atoms with Gasteiger partial charge in [-0.15, -0.1) is 0 Å². The van der Waals surface area contributed by atoms with Crippen LogP contribution in [0.1, 0.15) is 31.1 Å². The van der Waals surface area contributed by atoms with Crippen LogP contribution in [0, 0.1) is 0 Å². The summed E-state index contributed by atoms with van der Waals surface area (Å²) in [6.45, 7) is 3.80. The maximum atomic E-state index is 12.5. The van der Waals surface area contributed by atoms with E-state index in [0.29, 0.717) is 5.56 Å². The van der Waals surface area contributed by atoms with Crippen LogP contribution in [0.15, 0.2) is 50.9 Å². The number of ketones is 1. The summed E-state index contributed by atoms with van der Waals surface area (Å²) in [5.41, 5.74) is -0.668. The van der Waals surface area contributed by atoms with E-state index in [1.807, 2.05) is 0 Å². The van der Waals surface area contributed by atoms with E-state index in [1.165, 1.54) is 20.8 Å². The number of anilines is 2. The number of thioether (sulfide) groups is 1. The number of aliphatic hydroxyl groups is 1. The van der Waals surface area contributed by atoms with Gasteiger partial charge in [0.2, 0.25) is 5.91 Å². The number of benzene rings is 1. The van der Waals surface area contributed by atoms with Crippen LogP contribution >= 0.6 is 11.8 Å². The van der Waals surface area contributed by atoms with Crippen LogP contribution in [-0.4, -0.2) is 32.7 Å². The smallest absolute Gasteiger partial charge is 0.277 e. The topological polar surface area (TPSA) is 141 Å². The van der Waals surface area contributed by atoms with Gasteiger partial charge in [-0.05, 0) is 37.7 Å². The Morgan fingerprint density at radius 1 is 1.07 bits per heavy atom. The van der Waals surface area contributed by atoms with Crippen LogP contribution in [0.25, 0.3) is 0 Å². The van der Waals surface area contributed by atoms with Crippen LogP contribution in [0.3, 0.4) is 0 Å². The minimum absolute atomic E-state index is 0.0157. The average Bonchev–Trinajstić information content (AvgIpc) is 2.62. The van der Waals surface area contributed by atoms with Gasteiger partial charge in [0.05, 0.1) is 4.91 Å². The monoisotopic (exact) mass is 402 g/mol. The molecule has 0 radical (unpaired) electrons. The predicted octanol–water partition coefficient (Wildman–Crippen LogP) is 2.45. The van der Waals surface area contributed by atoms with Crippen molar-refractivity contribution in [2.45, 2.75) is 25.9 Å². The van der Waals surface area contributed by atoms with Crippen molar-refractivity contribution >= 4 is 40.9 Å². The molecule has 1 aromatic carbocycles. The third-order valence-corrected chi connectivity index (χ3v) is 4.49. The molecule has 28 heavy (non-hydrogen) atoms. The number of carbonyl (C=O) groups is 3. The van der Waals surface area contributed by atoms with Crippen molar-refractivity contribution in [2.24, 2.45) is 0 Å². The minimum Gasteiger partial charge on any atom is -0.511 e. The zero-order chi connectivity index (χ0) is 20.8. The van der Waals surface area contributed by atoms with Crippen LogP contribution in [0.4, 0.5) is 11.5 Å². The molecule has 0 aliphatic rings. The van der Waals surface area contributed by atoms with Gasteiger partial charge in [-0.3, -0.25) is 24.2 Å². The van der Waals surface area contributed by atoms with Crippen molar-refractivity contribution in [3.8, 4) is 0 Å². The highest BCUT2D eigenvalue weighted by molar-refractivity contribution is 8.03. The maximum Gasteiger partial charge on any atom is 0.277 e. The first-order valence-corrected chi connectivity index (χ1v) is 8.87. The fourth-order valence-electron chi connectivity index (χ4n) is 2.15. The van der Waals surface area contributed by atoms with E-state index in [0.717, 1.165) is 11.8 Å². The highest BCUT2D eigenvalue weighted by Gasteiger charge is 2.19. The molecule has 4 N–H and O–H groups in total. The van der Waals surface area contributed by atoms with E-state index in [9.17, 15) is 24.3 Å². The number of aromatic nitrogens is 2. The fraction of sp³-hybridized carbons (Fsp3) is 0.167. The van der Waals surface area contributed by atoms with Gasteiger partial charge in [0.25, 0.3) is 11.5 Å². The van der Waals surface area contributed by atoms with Crippen molar-refractivity contribution < 1.29 is 19.5 Å². The number of hydrogen-bond donors (Lipinski definition) is 4. The Morgan fingerprint density at radius 2 is 1.71 bits per heavy atom. The van der Waals surface area contributed by atoms with Gasteiger partial charge >= 0.3 is 0 Å². The predicted molar refractivity (Wildman–Crippen MR) is 105 cm³/mol. The highest BCUT2D eigenvalue weighted by atomic mass is 32.2.